The van der Waals surface area contributed by atoms with E-state index in [2.05, 4.69) is 4.98 Å². The number of amides is 1. The summed E-state index contributed by atoms with van der Waals surface area (Å²) >= 11 is 0. The molecule has 0 aliphatic heterocycles. The van der Waals surface area contributed by atoms with Gasteiger partial charge < -0.3 is 10.0 Å². The van der Waals surface area contributed by atoms with Gasteiger partial charge in [0.05, 0.1) is 5.56 Å². The van der Waals surface area contributed by atoms with Crippen molar-refractivity contribution < 1.29 is 9.90 Å². The van der Waals surface area contributed by atoms with Crippen molar-refractivity contribution in [3.05, 3.63) is 28.0 Å². The summed E-state index contributed by atoms with van der Waals surface area (Å²) in [6.45, 7) is 0. The molecule has 2 N–H and O–H groups in total. The molecule has 1 amide bonds. The molecule has 70 valence electrons. The van der Waals surface area contributed by atoms with Gasteiger partial charge in [0.2, 0.25) is 0 Å². The van der Waals surface area contributed by atoms with Gasteiger partial charge in [-0.3, -0.25) is 14.6 Å². The summed E-state index contributed by atoms with van der Waals surface area (Å²) in [5.74, 6) is -0.626. The minimum atomic E-state index is -0.495. The fourth-order valence-corrected chi connectivity index (χ4v) is 0.910. The molecule has 0 radical (unpaired) electrons. The molecule has 0 atom stereocenters. The van der Waals surface area contributed by atoms with Crippen molar-refractivity contribution in [3.63, 3.8) is 0 Å². The van der Waals surface area contributed by atoms with E-state index in [0.717, 1.165) is 6.07 Å². The lowest BCUT2D eigenvalue weighted by molar-refractivity contribution is 0.0827. The average molecular weight is 182 g/mol. The molecule has 0 fully saturated rings. The number of carbonyl (C=O) groups excluding carboxylic acids is 1. The number of nitrogens with one attached hydrogen (secondary N) is 1. The van der Waals surface area contributed by atoms with Crippen LogP contribution in [-0.4, -0.2) is 35.0 Å². The van der Waals surface area contributed by atoms with Crippen molar-refractivity contribution in [1.82, 2.24) is 9.88 Å². The molecule has 1 heterocycles. The van der Waals surface area contributed by atoms with Crippen molar-refractivity contribution in [2.75, 3.05) is 14.1 Å². The number of rotatable bonds is 1. The van der Waals surface area contributed by atoms with E-state index < -0.39 is 5.56 Å². The van der Waals surface area contributed by atoms with Crippen LogP contribution >= 0.6 is 0 Å². The first kappa shape index (κ1) is 9.31. The van der Waals surface area contributed by atoms with E-state index in [0.29, 0.717) is 0 Å². The summed E-state index contributed by atoms with van der Waals surface area (Å²) < 4.78 is 0. The molecule has 0 aliphatic rings. The molecular weight excluding hydrogens is 172 g/mol. The van der Waals surface area contributed by atoms with Crippen LogP contribution in [0.1, 0.15) is 10.4 Å². The minimum Gasteiger partial charge on any atom is -0.494 e. The van der Waals surface area contributed by atoms with Crippen LogP contribution in [-0.2, 0) is 0 Å². The van der Waals surface area contributed by atoms with Crippen LogP contribution in [0.3, 0.4) is 0 Å². The Balaban J connectivity index is 3.16. The van der Waals surface area contributed by atoms with Crippen LogP contribution in [0.25, 0.3) is 0 Å². The molecule has 1 aromatic rings. The summed E-state index contributed by atoms with van der Waals surface area (Å²) in [6.07, 6.45) is 0. The lowest BCUT2D eigenvalue weighted by atomic mass is 10.2. The molecule has 0 unspecified atom stereocenters. The Kier molecular flexibility index (Phi) is 2.36. The van der Waals surface area contributed by atoms with E-state index in [1.807, 2.05) is 0 Å². The fourth-order valence-electron chi connectivity index (χ4n) is 0.910. The number of aromatic hydroxyl groups is 1. The van der Waals surface area contributed by atoms with Gasteiger partial charge in [0.25, 0.3) is 11.5 Å². The molecule has 0 saturated heterocycles. The molecule has 0 saturated carbocycles. The predicted molar refractivity (Wildman–Crippen MR) is 46.7 cm³/mol. The summed E-state index contributed by atoms with van der Waals surface area (Å²) in [5, 5.41) is 9.00. The summed E-state index contributed by atoms with van der Waals surface area (Å²) in [5.41, 5.74) is -0.323. The van der Waals surface area contributed by atoms with Crippen LogP contribution in [0.5, 0.6) is 5.88 Å². The Morgan fingerprint density at radius 3 is 2.54 bits per heavy atom. The van der Waals surface area contributed by atoms with Crippen LogP contribution in [0.2, 0.25) is 0 Å². The molecule has 0 aromatic carbocycles. The first-order valence-corrected chi connectivity index (χ1v) is 3.65. The maximum Gasteiger partial charge on any atom is 0.253 e. The molecule has 5 nitrogen and oxygen atoms in total. The van der Waals surface area contributed by atoms with E-state index in [1.165, 1.54) is 11.0 Å². The maximum atomic E-state index is 11.3. The number of H-pyrrole nitrogens is 1. The highest BCUT2D eigenvalue weighted by Gasteiger charge is 2.09. The largest absolute Gasteiger partial charge is 0.494 e. The zero-order valence-electron chi connectivity index (χ0n) is 7.37. The summed E-state index contributed by atoms with van der Waals surface area (Å²) in [6, 6.07) is 2.35. The van der Waals surface area contributed by atoms with Gasteiger partial charge in [0.15, 0.2) is 5.88 Å². The lowest BCUT2D eigenvalue weighted by Crippen LogP contribution is -2.23. The second-order valence-electron chi connectivity index (χ2n) is 2.82. The normalized spacial score (nSPS) is 9.69. The first-order chi connectivity index (χ1) is 6.00. The van der Waals surface area contributed by atoms with Crippen LogP contribution in [0.15, 0.2) is 16.9 Å². The van der Waals surface area contributed by atoms with E-state index in [4.69, 9.17) is 5.11 Å². The SMILES string of the molecule is CN(C)C(=O)c1cc(O)[nH]c(=O)c1. The Morgan fingerprint density at radius 2 is 2.08 bits per heavy atom. The van der Waals surface area contributed by atoms with Crippen LogP contribution < -0.4 is 5.56 Å². The Bertz CT molecular complexity index is 381. The van der Waals surface area contributed by atoms with E-state index in [9.17, 15) is 9.59 Å². The monoisotopic (exact) mass is 182 g/mol. The van der Waals surface area contributed by atoms with Crippen LogP contribution in [0, 0.1) is 0 Å². The standard InChI is InChI=1S/C8H10N2O3/c1-10(2)8(13)5-3-6(11)9-7(12)4-5/h3-4H,1-2H3,(H2,9,11,12). The van der Waals surface area contributed by atoms with Gasteiger partial charge in [-0.1, -0.05) is 0 Å². The molecule has 0 bridgehead atoms. The van der Waals surface area contributed by atoms with Crippen LogP contribution in [0.4, 0.5) is 0 Å². The van der Waals surface area contributed by atoms with Gasteiger partial charge in [0.1, 0.15) is 0 Å². The number of nitrogens with zero attached hydrogens (tertiary/aromatic N) is 1. The summed E-state index contributed by atoms with van der Waals surface area (Å²) in [7, 11) is 3.14. The maximum absolute atomic E-state index is 11.3. The zero-order valence-corrected chi connectivity index (χ0v) is 7.37. The molecule has 1 aromatic heterocycles. The Hall–Kier alpha value is -1.78. The molecule has 5 heteroatoms. The van der Waals surface area contributed by atoms with E-state index >= 15 is 0 Å². The topological polar surface area (TPSA) is 73.4 Å². The minimum absolute atomic E-state index is 0.172. The smallest absolute Gasteiger partial charge is 0.253 e. The van der Waals surface area contributed by atoms with Gasteiger partial charge >= 0.3 is 0 Å². The number of aromatic amines is 1. The predicted octanol–water partition coefficient (Wildman–Crippen LogP) is -0.218. The van der Waals surface area contributed by atoms with E-state index in [-0.39, 0.29) is 17.4 Å². The highest BCUT2D eigenvalue weighted by atomic mass is 16.3. The Morgan fingerprint density at radius 1 is 1.46 bits per heavy atom. The molecule has 0 aliphatic carbocycles. The second kappa shape index (κ2) is 3.30. The van der Waals surface area contributed by atoms with Gasteiger partial charge in [-0.05, 0) is 0 Å². The van der Waals surface area contributed by atoms with Crippen molar-refractivity contribution in [2.24, 2.45) is 0 Å². The number of aromatic nitrogens is 1. The van der Waals surface area contributed by atoms with Gasteiger partial charge in [-0.2, -0.15) is 0 Å². The summed E-state index contributed by atoms with van der Waals surface area (Å²) in [4.78, 5) is 25.6. The third kappa shape index (κ3) is 2.08. The lowest BCUT2D eigenvalue weighted by Gasteiger charge is -2.09. The average Bonchev–Trinajstić information content (AvgIpc) is 2.01. The number of carbonyl (C=O) groups is 1. The Labute approximate surface area is 74.6 Å². The highest BCUT2D eigenvalue weighted by Crippen LogP contribution is 2.05. The quantitative estimate of drug-likeness (QED) is 0.630. The van der Waals surface area contributed by atoms with Crippen molar-refractivity contribution in [3.8, 4) is 5.88 Å². The third-order valence-electron chi connectivity index (χ3n) is 1.48. The second-order valence-corrected chi connectivity index (χ2v) is 2.82. The molecule has 0 spiro atoms. The van der Waals surface area contributed by atoms with Gasteiger partial charge in [-0.15, -0.1) is 0 Å². The van der Waals surface area contributed by atoms with Crippen molar-refractivity contribution >= 4 is 5.91 Å². The third-order valence-corrected chi connectivity index (χ3v) is 1.48. The number of hydrogen-bond donors (Lipinski definition) is 2. The number of pyridine rings is 1. The first-order valence-electron chi connectivity index (χ1n) is 3.65. The zero-order chi connectivity index (χ0) is 10.0. The number of hydrogen-bond acceptors (Lipinski definition) is 3. The van der Waals surface area contributed by atoms with Gasteiger partial charge in [-0.25, -0.2) is 0 Å². The molecule has 13 heavy (non-hydrogen) atoms. The molecule has 1 rings (SSSR count). The van der Waals surface area contributed by atoms with Crippen molar-refractivity contribution in [2.45, 2.75) is 0 Å². The van der Waals surface area contributed by atoms with E-state index in [1.54, 1.807) is 14.1 Å². The highest BCUT2D eigenvalue weighted by molar-refractivity contribution is 5.93. The molecular formula is C8H10N2O3. The van der Waals surface area contributed by atoms with Crippen molar-refractivity contribution in [1.29, 1.82) is 0 Å². The van der Waals surface area contributed by atoms with Gasteiger partial charge in [0, 0.05) is 26.2 Å². The fraction of sp³-hybridized carbons (Fsp3) is 0.250.